The minimum Gasteiger partial charge on any atom is -0.478 e. The zero-order valence-corrected chi connectivity index (χ0v) is 36.3. The number of Topliss-reactive ketones (excluding diaryl/α,β-unsaturated/α-hetero) is 3. The van der Waals surface area contributed by atoms with Gasteiger partial charge in [0.2, 0.25) is 0 Å². The SMILES string of the molecule is C.CC1(C)CC(=O)c2c(C(=O)O)coc2C1.CC1(C)CC(=O)c2c(C(N)=O)c[nH]c2C1.CC1(C)CC(=O)c2c(C(N)=O)coc2C1.II.N.[Ar].[Ar].[Ar].[NH4+]. The van der Waals surface area contributed by atoms with E-state index in [2.05, 4.69) is 42.2 Å². The van der Waals surface area contributed by atoms with Crippen LogP contribution in [0.25, 0.3) is 0 Å². The number of aromatic nitrogens is 1. The number of aromatic carboxylic acids is 1. The first-order valence-electron chi connectivity index (χ1n) is 14.7. The van der Waals surface area contributed by atoms with Crippen LogP contribution in [0, 0.1) is 129 Å². The molecule has 0 spiro atoms. The fourth-order valence-electron chi connectivity index (χ4n) is 6.23. The molecule has 14 nitrogen and oxygen atoms in total. The Morgan fingerprint density at radius 2 is 1.00 bits per heavy atom. The maximum absolute atomic E-state index is 11.9. The number of rotatable bonds is 3. The summed E-state index contributed by atoms with van der Waals surface area (Å²) in [4.78, 5) is 71.4. The van der Waals surface area contributed by atoms with Crippen LogP contribution in [0.5, 0.6) is 0 Å². The predicted octanol–water partition coefficient (Wildman–Crippen LogP) is 7.88. The molecule has 0 bridgehead atoms. The monoisotopic (exact) mass is 1050 g/mol. The van der Waals surface area contributed by atoms with Gasteiger partial charge in [-0.15, -0.1) is 0 Å². The molecule has 0 aliphatic heterocycles. The molecule has 0 saturated heterocycles. The van der Waals surface area contributed by atoms with Crippen molar-refractivity contribution in [3.63, 3.8) is 0 Å². The van der Waals surface area contributed by atoms with Gasteiger partial charge in [-0.3, -0.25) is 24.0 Å². The number of primary amides is 2. The van der Waals surface area contributed by atoms with Crippen LogP contribution < -0.4 is 23.8 Å². The van der Waals surface area contributed by atoms with Gasteiger partial charge in [-0.1, -0.05) is 49.0 Å². The summed E-state index contributed by atoms with van der Waals surface area (Å²) in [5, 5.41) is 8.87. The predicted molar refractivity (Wildman–Crippen MR) is 207 cm³/mol. The Labute approximate surface area is 423 Å². The molecule has 0 radical (unpaired) electrons. The number of quaternary nitrogens is 1. The number of carbonyl (C=O) groups excluding carboxylic acids is 5. The number of carboxylic acids is 1. The van der Waals surface area contributed by atoms with Crippen LogP contribution in [0.2, 0.25) is 0 Å². The molecule has 19 heteroatoms. The number of carbonyl (C=O) groups is 6. The summed E-state index contributed by atoms with van der Waals surface area (Å²) >= 11 is 4.24. The number of amides is 2. The minimum absolute atomic E-state index is 0. The fourth-order valence-corrected chi connectivity index (χ4v) is 6.23. The molecule has 3 aromatic heterocycles. The van der Waals surface area contributed by atoms with Crippen LogP contribution in [0.15, 0.2) is 27.6 Å². The van der Waals surface area contributed by atoms with Gasteiger partial charge in [-0.2, -0.15) is 0 Å². The van der Waals surface area contributed by atoms with Gasteiger partial charge in [0.05, 0.1) is 27.8 Å². The first-order chi connectivity index (χ1) is 21.7. The van der Waals surface area contributed by atoms with E-state index in [9.17, 15) is 28.8 Å². The minimum atomic E-state index is -1.10. The zero-order valence-electron chi connectivity index (χ0n) is 29.9. The summed E-state index contributed by atoms with van der Waals surface area (Å²) in [6.45, 7) is 12.0. The summed E-state index contributed by atoms with van der Waals surface area (Å²) in [6.07, 6.45) is 7.31. The molecule has 0 fully saturated rings. The van der Waals surface area contributed by atoms with Crippen molar-refractivity contribution in [2.45, 2.75) is 87.5 Å². The number of furan rings is 2. The molecule has 3 heterocycles. The van der Waals surface area contributed by atoms with Crippen molar-refractivity contribution in [2.24, 2.45) is 27.7 Å². The average molecular weight is 1050 g/mol. The van der Waals surface area contributed by atoms with Crippen molar-refractivity contribution in [1.82, 2.24) is 17.3 Å². The fraction of sp³-hybridized carbons (Fsp3) is 0.471. The van der Waals surface area contributed by atoms with Crippen molar-refractivity contribution in [3.05, 3.63) is 69.3 Å². The average Bonchev–Trinajstić information content (AvgIpc) is 3.65. The van der Waals surface area contributed by atoms with Crippen LogP contribution in [0.1, 0.15) is 148 Å². The van der Waals surface area contributed by atoms with Crippen molar-refractivity contribution < 1.29 is 156 Å². The van der Waals surface area contributed by atoms with Crippen LogP contribution in [0.4, 0.5) is 0 Å². The van der Waals surface area contributed by atoms with Crippen LogP contribution in [-0.4, -0.2) is 45.2 Å². The molecular weight excluding hydrogens is 996 g/mol. The Kier molecular flexibility index (Phi) is 27.6. The Hall–Kier alpha value is 0.419. The van der Waals surface area contributed by atoms with Gasteiger partial charge in [-0.25, -0.2) is 4.79 Å². The number of nitrogens with two attached hydrogens (primary N) is 2. The molecule has 0 saturated carbocycles. The summed E-state index contributed by atoms with van der Waals surface area (Å²) in [7, 11) is 0. The number of nitrogens with one attached hydrogen (secondary N) is 1. The maximum Gasteiger partial charge on any atom is 0.339 e. The first-order valence-corrected chi connectivity index (χ1v) is 21.0. The van der Waals surface area contributed by atoms with Gasteiger partial charge in [0.25, 0.3) is 11.8 Å². The van der Waals surface area contributed by atoms with E-state index in [-0.39, 0.29) is 183 Å². The van der Waals surface area contributed by atoms with Crippen LogP contribution in [-0.2, 0) is 19.3 Å². The second-order valence-electron chi connectivity index (χ2n) is 14.3. The third-order valence-corrected chi connectivity index (χ3v) is 8.14. The largest absolute Gasteiger partial charge is 0.478 e. The molecule has 0 aromatic carbocycles. The number of aromatic amines is 1. The summed E-state index contributed by atoms with van der Waals surface area (Å²) < 4.78 is 10.4. The molecule has 0 atom stereocenters. The Morgan fingerprint density at radius 3 is 1.38 bits per heavy atom. The number of hydrogen-bond donors (Lipinski definition) is 6. The van der Waals surface area contributed by atoms with Crippen LogP contribution in [0.3, 0.4) is 0 Å². The van der Waals surface area contributed by atoms with Gasteiger partial charge < -0.3 is 42.7 Å². The second-order valence-corrected chi connectivity index (χ2v) is 14.3. The van der Waals surface area contributed by atoms with E-state index in [1.54, 1.807) is 0 Å². The number of H-pyrrole nitrogens is 1. The van der Waals surface area contributed by atoms with Crippen molar-refractivity contribution in [3.8, 4) is 0 Å². The molecule has 0 unspecified atom stereocenters. The van der Waals surface area contributed by atoms with Crippen LogP contribution >= 0.6 is 37.2 Å². The number of carboxylic acid groups (broad SMARTS) is 1. The third-order valence-electron chi connectivity index (χ3n) is 8.14. The number of fused-ring (bicyclic) bond motifs is 3. The van der Waals surface area contributed by atoms with Gasteiger partial charge in [0.15, 0.2) is 17.3 Å². The zero-order chi connectivity index (χ0) is 35.6. The maximum atomic E-state index is 11.9. The first kappa shape index (κ1) is 60.1. The summed E-state index contributed by atoms with van der Waals surface area (Å²) in [6, 6.07) is 0. The molecule has 3 aliphatic rings. The number of ketones is 3. The van der Waals surface area contributed by atoms with Gasteiger partial charge in [0, 0.05) is 194 Å². The van der Waals surface area contributed by atoms with Crippen molar-refractivity contribution in [1.29, 1.82) is 0 Å². The molecule has 53 heavy (non-hydrogen) atoms. The molecular formula is C34H50Ar3I2N5O9+. The standard InChI is InChI=1S/C11H14N2O2.C11H13NO3.C11H12O4.CH4.3Ar.I2.2H3N/c1-11(2)3-7-9(8(14)4-11)6(5-13-7)10(12)15;1-11(2)3-7(13)9-6(10(12)14)5-15-8(9)4-11;1-11(2)3-7(12)9-6(10(13)14)5-15-8(9)4-11;;;;;1-2;;/h5,13H,3-4H2,1-2H3,(H2,12,15);5H,3-4H2,1-2H3,(H2,12,14);5H,3-4H2,1-2H3,(H,13,14);1H4;;;;;2*1H3/p+1. The Bertz CT molecular complexity index is 1560. The van der Waals surface area contributed by atoms with Gasteiger partial charge in [-0.05, 0) is 22.7 Å². The molecule has 2 amide bonds. The smallest absolute Gasteiger partial charge is 0.339 e. The third kappa shape index (κ3) is 15.3. The molecule has 13 N–H and O–H groups in total. The van der Waals surface area contributed by atoms with Crippen molar-refractivity contribution >= 4 is 72.4 Å². The summed E-state index contributed by atoms with van der Waals surface area (Å²) in [5.74, 6) is -1.33. The van der Waals surface area contributed by atoms with E-state index in [1.807, 2.05) is 41.5 Å². The van der Waals surface area contributed by atoms with Crippen molar-refractivity contribution in [2.75, 3.05) is 0 Å². The quantitative estimate of drug-likeness (QED) is 0.138. The normalized spacial score (nSPS) is 16.0. The summed E-state index contributed by atoms with van der Waals surface area (Å²) in [5.41, 5.74) is 12.6. The molecule has 3 aliphatic carbocycles. The topological polar surface area (TPSA) is 288 Å². The van der Waals surface area contributed by atoms with Gasteiger partial charge >= 0.3 is 5.97 Å². The van der Waals surface area contributed by atoms with E-state index < -0.39 is 17.8 Å². The molecule has 6 rings (SSSR count). The number of halogens is 2. The van der Waals surface area contributed by atoms with E-state index in [0.29, 0.717) is 60.3 Å². The number of hydrogen-bond acceptors (Lipinski definition) is 9. The molecule has 3 aromatic rings. The Morgan fingerprint density at radius 1 is 0.660 bits per heavy atom. The van der Waals surface area contributed by atoms with E-state index in [0.717, 1.165) is 18.4 Å². The molecule has 302 valence electrons. The second kappa shape index (κ2) is 24.4. The van der Waals surface area contributed by atoms with E-state index in [4.69, 9.17) is 25.4 Å². The van der Waals surface area contributed by atoms with Gasteiger partial charge in [0.1, 0.15) is 29.6 Å². The van der Waals surface area contributed by atoms with E-state index in [1.165, 1.54) is 12.5 Å². The Balaban J connectivity index is -0.000000314. The van der Waals surface area contributed by atoms with E-state index >= 15 is 0 Å².